The number of pyridine rings is 1. The Morgan fingerprint density at radius 2 is 1.82 bits per heavy atom. The number of aromatic nitrogens is 1. The minimum Gasteiger partial charge on any atom is -0.508 e. The van der Waals surface area contributed by atoms with Gasteiger partial charge >= 0.3 is 5.97 Å². The maximum Gasteiger partial charge on any atom is 0.339 e. The minimum absolute atomic E-state index is 0.0375. The second-order valence-corrected chi connectivity index (χ2v) is 7.55. The topological polar surface area (TPSA) is 106 Å². The van der Waals surface area contributed by atoms with Gasteiger partial charge in [0.25, 0.3) is 10.0 Å². The smallest absolute Gasteiger partial charge is 0.339 e. The molecule has 0 aliphatic heterocycles. The Balaban J connectivity index is 1.83. The summed E-state index contributed by atoms with van der Waals surface area (Å²) in [5.74, 6) is -0.504. The van der Waals surface area contributed by atoms with Crippen molar-refractivity contribution in [1.29, 1.82) is 0 Å². The van der Waals surface area contributed by atoms with Gasteiger partial charge in [0.15, 0.2) is 0 Å². The van der Waals surface area contributed by atoms with Gasteiger partial charge in [-0.2, -0.15) is 0 Å². The lowest BCUT2D eigenvalue weighted by Crippen LogP contribution is -2.12. The maximum absolute atomic E-state index is 12.5. The molecule has 1 aromatic heterocycles. The van der Waals surface area contributed by atoms with Gasteiger partial charge < -0.3 is 9.84 Å². The van der Waals surface area contributed by atoms with E-state index in [0.717, 1.165) is 0 Å². The standard InChI is InChI=1S/C20H18N2O5S/c1-2-27-20(24)16-10-15(12-21-13-16)14-6-8-19(9-7-14)28(25,26)22-17-4-3-5-18(23)11-17/h3-13,22-23H,2H2,1H3. The molecule has 1 heterocycles. The predicted molar refractivity (Wildman–Crippen MR) is 105 cm³/mol. The van der Waals surface area contributed by atoms with Crippen LogP contribution in [0.3, 0.4) is 0 Å². The highest BCUT2D eigenvalue weighted by Gasteiger charge is 2.15. The van der Waals surface area contributed by atoms with Gasteiger partial charge in [-0.3, -0.25) is 9.71 Å². The fourth-order valence-electron chi connectivity index (χ4n) is 2.53. The Bertz CT molecular complexity index is 1100. The van der Waals surface area contributed by atoms with Crippen molar-refractivity contribution >= 4 is 21.7 Å². The summed E-state index contributed by atoms with van der Waals surface area (Å²) in [6.45, 7) is 1.99. The summed E-state index contributed by atoms with van der Waals surface area (Å²) >= 11 is 0. The third-order valence-corrected chi connectivity index (χ3v) is 5.24. The van der Waals surface area contributed by atoms with Crippen molar-refractivity contribution in [2.75, 3.05) is 11.3 Å². The first-order valence-electron chi connectivity index (χ1n) is 8.43. The molecular formula is C20H18N2O5S. The summed E-state index contributed by atoms with van der Waals surface area (Å²) in [5.41, 5.74) is 1.95. The van der Waals surface area contributed by atoms with Crippen LogP contribution in [0, 0.1) is 0 Å². The molecule has 0 saturated heterocycles. The van der Waals surface area contributed by atoms with Gasteiger partial charge in [-0.05, 0) is 42.8 Å². The van der Waals surface area contributed by atoms with Crippen molar-refractivity contribution in [2.45, 2.75) is 11.8 Å². The number of sulfonamides is 1. The van der Waals surface area contributed by atoms with Gasteiger partial charge in [0.2, 0.25) is 0 Å². The number of carbonyl (C=O) groups is 1. The molecule has 0 spiro atoms. The average Bonchev–Trinajstić information content (AvgIpc) is 2.68. The van der Waals surface area contributed by atoms with Gasteiger partial charge in [0.1, 0.15) is 5.75 Å². The monoisotopic (exact) mass is 398 g/mol. The summed E-state index contributed by atoms with van der Waals surface area (Å²) in [6, 6.07) is 13.7. The lowest BCUT2D eigenvalue weighted by molar-refractivity contribution is 0.0526. The second-order valence-electron chi connectivity index (χ2n) is 5.86. The number of hydrogen-bond acceptors (Lipinski definition) is 6. The van der Waals surface area contributed by atoms with Gasteiger partial charge in [0, 0.05) is 24.0 Å². The van der Waals surface area contributed by atoms with Crippen LogP contribution in [-0.2, 0) is 14.8 Å². The van der Waals surface area contributed by atoms with Crippen molar-refractivity contribution in [3.8, 4) is 16.9 Å². The third-order valence-electron chi connectivity index (χ3n) is 3.85. The van der Waals surface area contributed by atoms with Crippen LogP contribution in [0.2, 0.25) is 0 Å². The molecule has 0 saturated carbocycles. The number of carbonyl (C=O) groups excluding carboxylic acids is 1. The van der Waals surface area contributed by atoms with E-state index >= 15 is 0 Å². The van der Waals surface area contributed by atoms with Crippen molar-refractivity contribution in [3.05, 3.63) is 72.6 Å². The first-order chi connectivity index (χ1) is 13.4. The molecule has 0 radical (unpaired) electrons. The van der Waals surface area contributed by atoms with Crippen LogP contribution >= 0.6 is 0 Å². The van der Waals surface area contributed by atoms with Crippen LogP contribution in [0.15, 0.2) is 71.9 Å². The van der Waals surface area contributed by atoms with Gasteiger partial charge in [0.05, 0.1) is 22.8 Å². The Morgan fingerprint density at radius 3 is 2.50 bits per heavy atom. The van der Waals surface area contributed by atoms with E-state index in [9.17, 15) is 18.3 Å². The van der Waals surface area contributed by atoms with Crippen LogP contribution in [0.1, 0.15) is 17.3 Å². The Labute approximate surface area is 162 Å². The number of anilines is 1. The number of benzene rings is 2. The van der Waals surface area contributed by atoms with Crippen LogP contribution < -0.4 is 4.72 Å². The van der Waals surface area contributed by atoms with Crippen molar-refractivity contribution in [1.82, 2.24) is 4.98 Å². The van der Waals surface area contributed by atoms with Crippen molar-refractivity contribution in [2.24, 2.45) is 0 Å². The number of phenolic OH excluding ortho intramolecular Hbond substituents is 1. The number of esters is 1. The quantitative estimate of drug-likeness (QED) is 0.616. The molecule has 7 nitrogen and oxygen atoms in total. The highest BCUT2D eigenvalue weighted by Crippen LogP contribution is 2.24. The highest BCUT2D eigenvalue weighted by atomic mass is 32.2. The number of nitrogens with zero attached hydrogens (tertiary/aromatic N) is 1. The lowest BCUT2D eigenvalue weighted by Gasteiger charge is -2.09. The zero-order chi connectivity index (χ0) is 20.1. The fraction of sp³-hybridized carbons (Fsp3) is 0.100. The predicted octanol–water partition coefficient (Wildman–Crippen LogP) is 3.43. The van der Waals surface area contributed by atoms with E-state index in [1.165, 1.54) is 36.5 Å². The molecule has 2 N–H and O–H groups in total. The molecule has 144 valence electrons. The Morgan fingerprint density at radius 1 is 1.07 bits per heavy atom. The highest BCUT2D eigenvalue weighted by molar-refractivity contribution is 7.92. The van der Waals surface area contributed by atoms with Crippen molar-refractivity contribution < 1.29 is 23.1 Å². The second kappa shape index (κ2) is 8.10. The van der Waals surface area contributed by atoms with Crippen LogP contribution in [0.25, 0.3) is 11.1 Å². The number of ether oxygens (including phenoxy) is 1. The molecule has 0 amide bonds. The summed E-state index contributed by atoms with van der Waals surface area (Å²) in [5, 5.41) is 9.46. The molecule has 0 atom stereocenters. The van der Waals surface area contributed by atoms with Crippen LogP contribution in [-0.4, -0.2) is 31.1 Å². The maximum atomic E-state index is 12.5. The molecule has 28 heavy (non-hydrogen) atoms. The summed E-state index contributed by atoms with van der Waals surface area (Å²) in [6.07, 6.45) is 3.00. The number of aromatic hydroxyl groups is 1. The zero-order valence-corrected chi connectivity index (χ0v) is 15.8. The molecule has 0 bridgehead atoms. The minimum atomic E-state index is -3.81. The van der Waals surface area contributed by atoms with E-state index in [0.29, 0.717) is 16.7 Å². The number of rotatable bonds is 6. The van der Waals surface area contributed by atoms with Crippen LogP contribution in [0.4, 0.5) is 5.69 Å². The molecule has 0 aliphatic rings. The molecule has 3 rings (SSSR count). The SMILES string of the molecule is CCOC(=O)c1cncc(-c2ccc(S(=O)(=O)Nc3cccc(O)c3)cc2)c1. The largest absolute Gasteiger partial charge is 0.508 e. The number of phenols is 1. The molecule has 0 fully saturated rings. The van der Waals surface area contributed by atoms with E-state index in [2.05, 4.69) is 9.71 Å². The molecule has 0 unspecified atom stereocenters. The third kappa shape index (κ3) is 4.47. The lowest BCUT2D eigenvalue weighted by atomic mass is 10.1. The van der Waals surface area contributed by atoms with E-state index in [4.69, 9.17) is 4.74 Å². The Kier molecular flexibility index (Phi) is 5.60. The summed E-state index contributed by atoms with van der Waals surface area (Å²) in [7, 11) is -3.81. The molecule has 3 aromatic rings. The Hall–Kier alpha value is -3.39. The zero-order valence-electron chi connectivity index (χ0n) is 15.0. The molecular weight excluding hydrogens is 380 g/mol. The fourth-order valence-corrected chi connectivity index (χ4v) is 3.58. The number of nitrogens with one attached hydrogen (secondary N) is 1. The van der Waals surface area contributed by atoms with Gasteiger partial charge in [-0.15, -0.1) is 0 Å². The van der Waals surface area contributed by atoms with E-state index in [-0.39, 0.29) is 22.9 Å². The van der Waals surface area contributed by atoms with Gasteiger partial charge in [-0.25, -0.2) is 13.2 Å². The molecule has 8 heteroatoms. The van der Waals surface area contributed by atoms with Gasteiger partial charge in [-0.1, -0.05) is 18.2 Å². The van der Waals surface area contributed by atoms with Crippen molar-refractivity contribution in [3.63, 3.8) is 0 Å². The first kappa shape index (κ1) is 19.4. The molecule has 0 aliphatic carbocycles. The van der Waals surface area contributed by atoms with E-state index in [1.54, 1.807) is 37.4 Å². The van der Waals surface area contributed by atoms with E-state index in [1.807, 2.05) is 0 Å². The average molecular weight is 398 g/mol. The first-order valence-corrected chi connectivity index (χ1v) is 9.92. The summed E-state index contributed by atoms with van der Waals surface area (Å²) in [4.78, 5) is 16.0. The van der Waals surface area contributed by atoms with Crippen LogP contribution in [0.5, 0.6) is 5.75 Å². The normalized spacial score (nSPS) is 11.0. The molecule has 2 aromatic carbocycles. The van der Waals surface area contributed by atoms with E-state index < -0.39 is 16.0 Å². The number of hydrogen-bond donors (Lipinski definition) is 2. The summed E-state index contributed by atoms with van der Waals surface area (Å²) < 4.78 is 32.4.